The highest BCUT2D eigenvalue weighted by molar-refractivity contribution is 6.21. The van der Waals surface area contributed by atoms with E-state index >= 15 is 0 Å². The molecule has 1 fully saturated rings. The summed E-state index contributed by atoms with van der Waals surface area (Å²) in [4.78, 5) is 30.6. The number of carbonyl (C=O) groups excluding carboxylic acids is 2. The van der Waals surface area contributed by atoms with Crippen LogP contribution in [0.2, 0.25) is 0 Å². The van der Waals surface area contributed by atoms with Gasteiger partial charge in [0, 0.05) is 39.3 Å². The molecule has 6 nitrogen and oxygen atoms in total. The van der Waals surface area contributed by atoms with Crippen molar-refractivity contribution in [1.82, 2.24) is 14.7 Å². The lowest BCUT2D eigenvalue weighted by atomic mass is 10.1. The number of hydrogen-bond acceptors (Lipinski definition) is 5. The molecule has 0 saturated carbocycles. The Hall–Kier alpha value is -2.54. The molecule has 0 spiro atoms. The van der Waals surface area contributed by atoms with Crippen LogP contribution in [-0.4, -0.2) is 77.0 Å². The van der Waals surface area contributed by atoms with Gasteiger partial charge in [-0.1, -0.05) is 42.5 Å². The van der Waals surface area contributed by atoms with Crippen LogP contribution >= 0.6 is 0 Å². The van der Waals surface area contributed by atoms with Crippen molar-refractivity contribution in [3.63, 3.8) is 0 Å². The number of β-amino-alcohol motifs (C(OH)–C–C–N with tert-alkyl or cyclic N) is 1. The van der Waals surface area contributed by atoms with Crippen molar-refractivity contribution >= 4 is 11.8 Å². The first-order chi connectivity index (χ1) is 13.6. The maximum absolute atomic E-state index is 12.4. The number of nitrogens with zero attached hydrogens (tertiary/aromatic N) is 3. The number of aliphatic hydroxyl groups is 1. The predicted molar refractivity (Wildman–Crippen MR) is 106 cm³/mol. The summed E-state index contributed by atoms with van der Waals surface area (Å²) < 4.78 is 0. The minimum Gasteiger partial charge on any atom is -0.390 e. The molecule has 4 rings (SSSR count). The topological polar surface area (TPSA) is 64.1 Å². The van der Waals surface area contributed by atoms with Crippen LogP contribution in [0.15, 0.2) is 54.6 Å². The highest BCUT2D eigenvalue weighted by atomic mass is 16.3. The van der Waals surface area contributed by atoms with Gasteiger partial charge in [0.15, 0.2) is 0 Å². The number of benzene rings is 2. The third-order valence-corrected chi connectivity index (χ3v) is 5.45. The molecule has 0 aliphatic carbocycles. The van der Waals surface area contributed by atoms with E-state index < -0.39 is 6.10 Å². The van der Waals surface area contributed by atoms with Crippen molar-refractivity contribution < 1.29 is 14.7 Å². The molecule has 0 radical (unpaired) electrons. The van der Waals surface area contributed by atoms with Crippen molar-refractivity contribution in [2.24, 2.45) is 0 Å². The smallest absolute Gasteiger partial charge is 0.261 e. The van der Waals surface area contributed by atoms with Gasteiger partial charge in [0.1, 0.15) is 0 Å². The number of amides is 2. The second-order valence-corrected chi connectivity index (χ2v) is 7.48. The molecule has 0 bridgehead atoms. The second-order valence-electron chi connectivity index (χ2n) is 7.48. The van der Waals surface area contributed by atoms with Crippen molar-refractivity contribution in [1.29, 1.82) is 0 Å². The fraction of sp³-hybridized carbons (Fsp3) is 0.364. The number of piperazine rings is 1. The van der Waals surface area contributed by atoms with Crippen LogP contribution in [0.25, 0.3) is 0 Å². The Balaban J connectivity index is 1.26. The zero-order chi connectivity index (χ0) is 19.5. The molecule has 1 saturated heterocycles. The molecule has 2 amide bonds. The number of hydrogen-bond donors (Lipinski definition) is 1. The Labute approximate surface area is 165 Å². The summed E-state index contributed by atoms with van der Waals surface area (Å²) >= 11 is 0. The van der Waals surface area contributed by atoms with E-state index in [-0.39, 0.29) is 18.4 Å². The van der Waals surface area contributed by atoms with Gasteiger partial charge in [-0.2, -0.15) is 0 Å². The lowest BCUT2D eigenvalue weighted by Gasteiger charge is -2.36. The van der Waals surface area contributed by atoms with Gasteiger partial charge in [0.2, 0.25) is 0 Å². The van der Waals surface area contributed by atoms with Gasteiger partial charge in [0.05, 0.1) is 23.8 Å². The summed E-state index contributed by atoms with van der Waals surface area (Å²) in [7, 11) is 0. The third kappa shape index (κ3) is 3.99. The van der Waals surface area contributed by atoms with Gasteiger partial charge in [-0.15, -0.1) is 0 Å². The molecule has 2 heterocycles. The van der Waals surface area contributed by atoms with Crippen LogP contribution in [0.4, 0.5) is 0 Å². The summed E-state index contributed by atoms with van der Waals surface area (Å²) in [5, 5.41) is 10.5. The van der Waals surface area contributed by atoms with Crippen LogP contribution in [-0.2, 0) is 6.54 Å². The number of aliphatic hydroxyl groups excluding tert-OH is 1. The molecule has 1 atom stereocenters. The Bertz CT molecular complexity index is 812. The normalized spacial score (nSPS) is 19.1. The first-order valence-corrected chi connectivity index (χ1v) is 9.74. The molecular formula is C22H25N3O3. The van der Waals surface area contributed by atoms with Crippen molar-refractivity contribution in [3.05, 3.63) is 71.3 Å². The quantitative estimate of drug-likeness (QED) is 0.770. The monoisotopic (exact) mass is 379 g/mol. The molecule has 0 aromatic heterocycles. The zero-order valence-corrected chi connectivity index (χ0v) is 15.8. The van der Waals surface area contributed by atoms with E-state index in [2.05, 4.69) is 34.1 Å². The van der Waals surface area contributed by atoms with Gasteiger partial charge in [0.25, 0.3) is 11.8 Å². The van der Waals surface area contributed by atoms with E-state index in [9.17, 15) is 14.7 Å². The molecule has 1 unspecified atom stereocenters. The number of carbonyl (C=O) groups is 2. The molecule has 2 aliphatic rings. The van der Waals surface area contributed by atoms with Crippen LogP contribution in [0.1, 0.15) is 26.3 Å². The molecule has 28 heavy (non-hydrogen) atoms. The highest BCUT2D eigenvalue weighted by Gasteiger charge is 2.36. The summed E-state index contributed by atoms with van der Waals surface area (Å²) in [6.07, 6.45) is -0.747. The van der Waals surface area contributed by atoms with Crippen molar-refractivity contribution in [2.45, 2.75) is 12.6 Å². The summed E-state index contributed by atoms with van der Waals surface area (Å²) in [6.45, 7) is 5.05. The Morgan fingerprint density at radius 3 is 1.89 bits per heavy atom. The van der Waals surface area contributed by atoms with E-state index in [4.69, 9.17) is 0 Å². The SMILES string of the molecule is O=C1c2ccccc2C(=O)N1CC(O)CN1CCN(Cc2ccccc2)CC1. The largest absolute Gasteiger partial charge is 0.390 e. The van der Waals surface area contributed by atoms with Crippen LogP contribution < -0.4 is 0 Å². The number of rotatable bonds is 6. The first-order valence-electron chi connectivity index (χ1n) is 9.74. The van der Waals surface area contributed by atoms with Crippen LogP contribution in [0.3, 0.4) is 0 Å². The Kier molecular flexibility index (Phi) is 5.52. The van der Waals surface area contributed by atoms with Gasteiger partial charge in [-0.05, 0) is 17.7 Å². The summed E-state index contributed by atoms with van der Waals surface area (Å²) in [6, 6.07) is 17.2. The molecule has 2 aromatic rings. The number of fused-ring (bicyclic) bond motifs is 1. The van der Waals surface area contributed by atoms with Crippen molar-refractivity contribution in [2.75, 3.05) is 39.3 Å². The lowest BCUT2D eigenvalue weighted by Crippen LogP contribution is -2.50. The fourth-order valence-electron chi connectivity index (χ4n) is 3.94. The molecule has 2 aliphatic heterocycles. The molecule has 2 aromatic carbocycles. The van der Waals surface area contributed by atoms with Crippen LogP contribution in [0.5, 0.6) is 0 Å². The standard InChI is InChI=1S/C22H25N3O3/c26-18(16-25-21(27)19-8-4-5-9-20(19)22(25)28)15-24-12-10-23(11-13-24)14-17-6-2-1-3-7-17/h1-9,18,26H,10-16H2. The second kappa shape index (κ2) is 8.22. The van der Waals surface area contributed by atoms with Gasteiger partial charge >= 0.3 is 0 Å². The van der Waals surface area contributed by atoms with E-state index in [1.807, 2.05) is 6.07 Å². The summed E-state index contributed by atoms with van der Waals surface area (Å²) in [5.74, 6) is -0.625. The molecule has 146 valence electrons. The van der Waals surface area contributed by atoms with E-state index in [1.165, 1.54) is 10.5 Å². The minimum atomic E-state index is -0.747. The van der Waals surface area contributed by atoms with Crippen molar-refractivity contribution in [3.8, 4) is 0 Å². The van der Waals surface area contributed by atoms with E-state index in [1.54, 1.807) is 24.3 Å². The van der Waals surface area contributed by atoms with Gasteiger partial charge in [-0.25, -0.2) is 0 Å². The molecule has 1 N–H and O–H groups in total. The maximum Gasteiger partial charge on any atom is 0.261 e. The van der Waals surface area contributed by atoms with Crippen LogP contribution in [0, 0.1) is 0 Å². The average Bonchev–Trinajstić information content (AvgIpc) is 2.95. The maximum atomic E-state index is 12.4. The first kappa shape index (κ1) is 18.8. The fourth-order valence-corrected chi connectivity index (χ4v) is 3.94. The average molecular weight is 379 g/mol. The minimum absolute atomic E-state index is 0.0383. The van der Waals surface area contributed by atoms with E-state index in [0.717, 1.165) is 32.7 Å². The lowest BCUT2D eigenvalue weighted by molar-refractivity contribution is 0.0393. The highest BCUT2D eigenvalue weighted by Crippen LogP contribution is 2.22. The summed E-state index contributed by atoms with van der Waals surface area (Å²) in [5.41, 5.74) is 2.16. The third-order valence-electron chi connectivity index (χ3n) is 5.45. The number of imide groups is 1. The van der Waals surface area contributed by atoms with Gasteiger partial charge in [-0.3, -0.25) is 24.3 Å². The van der Waals surface area contributed by atoms with E-state index in [0.29, 0.717) is 17.7 Å². The Morgan fingerprint density at radius 1 is 0.750 bits per heavy atom. The zero-order valence-electron chi connectivity index (χ0n) is 15.8. The molecular weight excluding hydrogens is 354 g/mol. The molecule has 6 heteroatoms. The van der Waals surface area contributed by atoms with Gasteiger partial charge < -0.3 is 5.11 Å². The predicted octanol–water partition coefficient (Wildman–Crippen LogP) is 1.46. The Morgan fingerprint density at radius 2 is 1.29 bits per heavy atom.